The molecule has 1 atom stereocenters. The minimum atomic E-state index is -0.600. The van der Waals surface area contributed by atoms with Crippen molar-refractivity contribution in [1.29, 1.82) is 0 Å². The van der Waals surface area contributed by atoms with Crippen molar-refractivity contribution in [3.63, 3.8) is 0 Å². The van der Waals surface area contributed by atoms with Crippen LogP contribution in [0.4, 0.5) is 5.69 Å². The lowest BCUT2D eigenvalue weighted by molar-refractivity contribution is -0.128. The summed E-state index contributed by atoms with van der Waals surface area (Å²) in [5, 5.41) is 7.22. The predicted molar refractivity (Wildman–Crippen MR) is 122 cm³/mol. The second-order valence-corrected chi connectivity index (χ2v) is 7.61. The van der Waals surface area contributed by atoms with Crippen LogP contribution in [0.3, 0.4) is 0 Å². The van der Waals surface area contributed by atoms with E-state index in [1.807, 2.05) is 71.5 Å². The molecule has 160 valence electrons. The van der Waals surface area contributed by atoms with Gasteiger partial charge >= 0.3 is 0 Å². The molecule has 3 heterocycles. The maximum atomic E-state index is 12.9. The molecule has 7 heteroatoms. The average Bonchev–Trinajstić information content (AvgIpc) is 3.39. The van der Waals surface area contributed by atoms with Crippen molar-refractivity contribution in [3.05, 3.63) is 103 Å². The van der Waals surface area contributed by atoms with E-state index in [0.29, 0.717) is 25.4 Å². The van der Waals surface area contributed by atoms with Gasteiger partial charge in [-0.05, 0) is 48.0 Å². The molecule has 1 aliphatic rings. The van der Waals surface area contributed by atoms with Gasteiger partial charge in [0.05, 0.1) is 30.2 Å². The van der Waals surface area contributed by atoms with Gasteiger partial charge in [0.1, 0.15) is 5.75 Å². The van der Waals surface area contributed by atoms with E-state index < -0.39 is 6.10 Å². The number of amides is 1. The van der Waals surface area contributed by atoms with E-state index in [0.717, 1.165) is 22.6 Å². The number of carbonyl (C=O) groups is 1. The van der Waals surface area contributed by atoms with Crippen molar-refractivity contribution < 1.29 is 9.53 Å². The Balaban J connectivity index is 1.30. The highest BCUT2D eigenvalue weighted by molar-refractivity contribution is 5.83. The molecule has 2 aromatic carbocycles. The normalized spacial score (nSPS) is 15.0. The second-order valence-electron chi connectivity index (χ2n) is 7.61. The molecule has 0 saturated heterocycles. The van der Waals surface area contributed by atoms with E-state index in [1.54, 1.807) is 12.4 Å². The van der Waals surface area contributed by atoms with Crippen LogP contribution in [0.15, 0.2) is 91.4 Å². The maximum absolute atomic E-state index is 12.9. The quantitative estimate of drug-likeness (QED) is 0.513. The van der Waals surface area contributed by atoms with Crippen LogP contribution in [-0.4, -0.2) is 33.3 Å². The molecule has 4 aromatic rings. The number of pyridine rings is 1. The van der Waals surface area contributed by atoms with Gasteiger partial charge in [0.15, 0.2) is 6.10 Å². The van der Waals surface area contributed by atoms with Crippen molar-refractivity contribution in [2.24, 2.45) is 0 Å². The van der Waals surface area contributed by atoms with Gasteiger partial charge < -0.3 is 15.0 Å². The minimum Gasteiger partial charge on any atom is -0.477 e. The Kier molecular flexibility index (Phi) is 5.53. The van der Waals surface area contributed by atoms with E-state index in [1.165, 1.54) is 0 Å². The standard InChI is InChI=1S/C25H23N5O2/c31-25(27-16-20-6-3-4-13-26-20)24-18-29(22-7-1-2-8-23(22)32-24)17-19-9-11-21(12-10-19)30-15-5-14-28-30/h1-15,24H,16-18H2,(H,27,31). The third kappa shape index (κ3) is 4.32. The van der Waals surface area contributed by atoms with E-state index in [-0.39, 0.29) is 5.91 Å². The molecule has 0 saturated carbocycles. The Morgan fingerprint density at radius 1 is 1.00 bits per heavy atom. The first-order valence-electron chi connectivity index (χ1n) is 10.5. The zero-order valence-electron chi connectivity index (χ0n) is 17.5. The first kappa shape index (κ1) is 19.8. The number of nitrogens with one attached hydrogen (secondary N) is 1. The summed E-state index contributed by atoms with van der Waals surface area (Å²) in [7, 11) is 0. The first-order chi connectivity index (χ1) is 15.8. The molecular weight excluding hydrogens is 402 g/mol. The summed E-state index contributed by atoms with van der Waals surface area (Å²) in [6.07, 6.45) is 4.80. The summed E-state index contributed by atoms with van der Waals surface area (Å²) in [5.41, 5.74) is 3.95. The van der Waals surface area contributed by atoms with E-state index >= 15 is 0 Å². The molecule has 5 rings (SSSR count). The molecule has 1 N–H and O–H groups in total. The molecule has 1 aliphatic heterocycles. The Bertz CT molecular complexity index is 1180. The number of hydrogen-bond acceptors (Lipinski definition) is 5. The highest BCUT2D eigenvalue weighted by Crippen LogP contribution is 2.34. The Morgan fingerprint density at radius 3 is 2.62 bits per heavy atom. The van der Waals surface area contributed by atoms with Gasteiger partial charge in [-0.1, -0.05) is 30.3 Å². The van der Waals surface area contributed by atoms with Gasteiger partial charge in [-0.25, -0.2) is 4.68 Å². The monoisotopic (exact) mass is 425 g/mol. The highest BCUT2D eigenvalue weighted by Gasteiger charge is 2.30. The van der Waals surface area contributed by atoms with Crippen LogP contribution < -0.4 is 15.0 Å². The fourth-order valence-corrected chi connectivity index (χ4v) is 3.78. The number of para-hydroxylation sites is 2. The van der Waals surface area contributed by atoms with Crippen LogP contribution in [-0.2, 0) is 17.9 Å². The summed E-state index contributed by atoms with van der Waals surface area (Å²) in [6, 6.07) is 23.6. The molecule has 0 radical (unpaired) electrons. The Labute approximate surface area is 186 Å². The van der Waals surface area contributed by atoms with Crippen molar-refractivity contribution in [3.8, 4) is 11.4 Å². The number of fused-ring (bicyclic) bond motifs is 1. The van der Waals surface area contributed by atoms with Gasteiger partial charge in [0.2, 0.25) is 0 Å². The zero-order chi connectivity index (χ0) is 21.8. The van der Waals surface area contributed by atoms with Gasteiger partial charge in [-0.2, -0.15) is 5.10 Å². The number of rotatable bonds is 6. The third-order valence-electron chi connectivity index (χ3n) is 5.40. The van der Waals surface area contributed by atoms with Crippen LogP contribution in [0.25, 0.3) is 5.69 Å². The molecular formula is C25H23N5O2. The van der Waals surface area contributed by atoms with Crippen LogP contribution in [0, 0.1) is 0 Å². The number of nitrogens with zero attached hydrogens (tertiary/aromatic N) is 4. The Hall–Kier alpha value is -4.13. The number of aromatic nitrogens is 3. The molecule has 1 amide bonds. The molecule has 0 aliphatic carbocycles. The van der Waals surface area contributed by atoms with E-state index in [4.69, 9.17) is 4.74 Å². The average molecular weight is 425 g/mol. The maximum Gasteiger partial charge on any atom is 0.263 e. The van der Waals surface area contributed by atoms with Gasteiger partial charge in [-0.15, -0.1) is 0 Å². The van der Waals surface area contributed by atoms with Crippen molar-refractivity contribution in [2.45, 2.75) is 19.2 Å². The fourth-order valence-electron chi connectivity index (χ4n) is 3.78. The van der Waals surface area contributed by atoms with Crippen LogP contribution in [0.2, 0.25) is 0 Å². The number of hydrogen-bond donors (Lipinski definition) is 1. The molecule has 1 unspecified atom stereocenters. The number of benzene rings is 2. The SMILES string of the molecule is O=C(NCc1ccccn1)C1CN(Cc2ccc(-n3cccn3)cc2)c2ccccc2O1. The Morgan fingerprint density at radius 2 is 1.84 bits per heavy atom. The second kappa shape index (κ2) is 8.93. The summed E-state index contributed by atoms with van der Waals surface area (Å²) in [6.45, 7) is 1.51. The van der Waals surface area contributed by atoms with Crippen LogP contribution >= 0.6 is 0 Å². The van der Waals surface area contributed by atoms with Crippen molar-refractivity contribution in [2.75, 3.05) is 11.4 Å². The summed E-state index contributed by atoms with van der Waals surface area (Å²) < 4.78 is 7.86. The van der Waals surface area contributed by atoms with Crippen molar-refractivity contribution in [1.82, 2.24) is 20.1 Å². The van der Waals surface area contributed by atoms with Crippen molar-refractivity contribution >= 4 is 11.6 Å². The highest BCUT2D eigenvalue weighted by atomic mass is 16.5. The van der Waals surface area contributed by atoms with Gasteiger partial charge in [0, 0.05) is 25.1 Å². The fraction of sp³-hybridized carbons (Fsp3) is 0.160. The molecule has 0 fully saturated rings. The lowest BCUT2D eigenvalue weighted by Gasteiger charge is -2.35. The third-order valence-corrected chi connectivity index (χ3v) is 5.40. The number of anilines is 1. The lowest BCUT2D eigenvalue weighted by Crippen LogP contribution is -2.48. The molecule has 32 heavy (non-hydrogen) atoms. The van der Waals surface area contributed by atoms with E-state index in [9.17, 15) is 4.79 Å². The lowest BCUT2D eigenvalue weighted by atomic mass is 10.1. The molecule has 0 spiro atoms. The summed E-state index contributed by atoms with van der Waals surface area (Å²) >= 11 is 0. The van der Waals surface area contributed by atoms with E-state index in [2.05, 4.69) is 32.4 Å². The molecule has 7 nitrogen and oxygen atoms in total. The molecule has 2 aromatic heterocycles. The number of carbonyl (C=O) groups excluding carboxylic acids is 1. The van der Waals surface area contributed by atoms with Crippen LogP contribution in [0.5, 0.6) is 5.75 Å². The first-order valence-corrected chi connectivity index (χ1v) is 10.5. The molecule has 0 bridgehead atoms. The zero-order valence-corrected chi connectivity index (χ0v) is 17.5. The summed E-state index contributed by atoms with van der Waals surface area (Å²) in [5.74, 6) is 0.564. The van der Waals surface area contributed by atoms with Gasteiger partial charge in [0.25, 0.3) is 5.91 Å². The largest absolute Gasteiger partial charge is 0.477 e. The minimum absolute atomic E-state index is 0.149. The summed E-state index contributed by atoms with van der Waals surface area (Å²) in [4.78, 5) is 19.3. The van der Waals surface area contributed by atoms with Crippen LogP contribution in [0.1, 0.15) is 11.3 Å². The number of ether oxygens (including phenoxy) is 1. The smallest absolute Gasteiger partial charge is 0.263 e. The van der Waals surface area contributed by atoms with Gasteiger partial charge in [-0.3, -0.25) is 9.78 Å². The predicted octanol–water partition coefficient (Wildman–Crippen LogP) is 3.35. The topological polar surface area (TPSA) is 72.3 Å².